The fourth-order valence-electron chi connectivity index (χ4n) is 3.89. The van der Waals surface area contributed by atoms with Crippen LogP contribution in [0.25, 0.3) is 0 Å². The monoisotopic (exact) mass is 448 g/mol. The van der Waals surface area contributed by atoms with Crippen LogP contribution >= 0.6 is 0 Å². The van der Waals surface area contributed by atoms with Crippen molar-refractivity contribution in [1.29, 1.82) is 0 Å². The summed E-state index contributed by atoms with van der Waals surface area (Å²) in [5, 5.41) is 16.6. The Kier molecular flexibility index (Phi) is 6.21. The fourth-order valence-corrected chi connectivity index (χ4v) is 3.89. The number of amides is 2. The molecule has 2 amide bonds. The third kappa shape index (κ3) is 4.48. The van der Waals surface area contributed by atoms with Crippen LogP contribution in [0.4, 0.5) is 16.3 Å². The number of methoxy groups -OCH3 is 2. The maximum atomic E-state index is 12.6. The third-order valence-electron chi connectivity index (χ3n) is 5.57. The molecule has 4 rings (SSSR count). The first-order chi connectivity index (χ1) is 15.9. The molecule has 2 heterocycles. The van der Waals surface area contributed by atoms with Gasteiger partial charge in [0.1, 0.15) is 0 Å². The van der Waals surface area contributed by atoms with Crippen LogP contribution in [-0.4, -0.2) is 53.8 Å². The zero-order valence-electron chi connectivity index (χ0n) is 19.4. The number of benzene rings is 2. The number of hydrogen-bond donors (Lipinski definition) is 2. The van der Waals surface area contributed by atoms with E-state index < -0.39 is 0 Å². The van der Waals surface area contributed by atoms with Crippen LogP contribution in [0.1, 0.15) is 23.6 Å². The van der Waals surface area contributed by atoms with Gasteiger partial charge < -0.3 is 20.1 Å². The molecule has 0 saturated heterocycles. The highest BCUT2D eigenvalue weighted by Crippen LogP contribution is 2.34. The molecule has 172 valence electrons. The number of hydrazone groups is 1. The number of nitrogens with zero attached hydrogens (tertiary/aromatic N) is 4. The van der Waals surface area contributed by atoms with E-state index in [1.807, 2.05) is 62.6 Å². The first-order valence-electron chi connectivity index (χ1n) is 10.7. The van der Waals surface area contributed by atoms with Crippen LogP contribution in [-0.2, 0) is 13.5 Å². The average Bonchev–Trinajstić information content (AvgIpc) is 3.17. The van der Waals surface area contributed by atoms with Crippen molar-refractivity contribution in [1.82, 2.24) is 20.1 Å². The van der Waals surface area contributed by atoms with Gasteiger partial charge in [0, 0.05) is 43.2 Å². The number of ether oxygens (including phenoxy) is 2. The topological polar surface area (TPSA) is 93.0 Å². The van der Waals surface area contributed by atoms with E-state index in [2.05, 4.69) is 15.7 Å². The van der Waals surface area contributed by atoms with E-state index in [0.717, 1.165) is 28.2 Å². The molecular weight excluding hydrogens is 420 g/mol. The van der Waals surface area contributed by atoms with Gasteiger partial charge in [-0.1, -0.05) is 12.1 Å². The number of aromatic nitrogens is 2. The van der Waals surface area contributed by atoms with E-state index in [-0.39, 0.29) is 12.1 Å². The lowest BCUT2D eigenvalue weighted by atomic mass is 9.94. The normalized spacial score (nSPS) is 15.2. The number of aryl methyl sites for hydroxylation is 1. The minimum Gasteiger partial charge on any atom is -0.493 e. The molecule has 1 aliphatic rings. The molecule has 0 saturated carbocycles. The summed E-state index contributed by atoms with van der Waals surface area (Å²) in [6, 6.07) is 13.3. The summed E-state index contributed by atoms with van der Waals surface area (Å²) in [7, 11) is 6.70. The molecule has 0 radical (unpaired) electrons. The highest BCUT2D eigenvalue weighted by Gasteiger charge is 2.28. The van der Waals surface area contributed by atoms with E-state index in [0.29, 0.717) is 23.6 Å². The van der Waals surface area contributed by atoms with E-state index in [9.17, 15) is 4.79 Å². The van der Waals surface area contributed by atoms with Crippen LogP contribution in [0.15, 0.2) is 53.8 Å². The highest BCUT2D eigenvalue weighted by atomic mass is 16.5. The second-order valence-corrected chi connectivity index (χ2v) is 7.84. The van der Waals surface area contributed by atoms with E-state index in [1.165, 1.54) is 5.01 Å². The van der Waals surface area contributed by atoms with Crippen molar-refractivity contribution >= 4 is 23.2 Å². The average molecular weight is 449 g/mol. The van der Waals surface area contributed by atoms with E-state index >= 15 is 0 Å². The molecule has 9 nitrogen and oxygen atoms in total. The summed E-state index contributed by atoms with van der Waals surface area (Å²) in [6.07, 6.45) is 2.50. The van der Waals surface area contributed by atoms with Crippen molar-refractivity contribution in [3.8, 4) is 11.5 Å². The second-order valence-electron chi connectivity index (χ2n) is 7.84. The van der Waals surface area contributed by atoms with Crippen molar-refractivity contribution in [2.75, 3.05) is 26.6 Å². The molecule has 9 heteroatoms. The molecule has 0 spiro atoms. The lowest BCUT2D eigenvalue weighted by Gasteiger charge is -2.22. The standard InChI is InChI=1S/C24H28N6O3/c1-15-12-17-13-20(32-4)21(33-5)14-19(17)23(28-30(15)24(31)25-2)16-6-8-18(9-7-16)26-22-10-11-29(3)27-22/h6-11,13-15H,12H2,1-5H3,(H,25,31)(H,26,27)/t15-/m0/s1. The van der Waals surface area contributed by atoms with Gasteiger partial charge in [0.15, 0.2) is 17.3 Å². The maximum absolute atomic E-state index is 12.6. The molecule has 1 aromatic heterocycles. The Morgan fingerprint density at radius 1 is 1.09 bits per heavy atom. The fraction of sp³-hybridized carbons (Fsp3) is 0.292. The SMILES string of the molecule is CNC(=O)N1N=C(c2ccc(Nc3ccn(C)n3)cc2)c2cc(OC)c(OC)cc2C[C@@H]1C. The van der Waals surface area contributed by atoms with Crippen molar-refractivity contribution in [3.05, 3.63) is 65.4 Å². The van der Waals surface area contributed by atoms with Gasteiger partial charge in [0.2, 0.25) is 0 Å². The summed E-state index contributed by atoms with van der Waals surface area (Å²) in [5.74, 6) is 2.02. The Morgan fingerprint density at radius 3 is 2.39 bits per heavy atom. The predicted molar refractivity (Wildman–Crippen MR) is 128 cm³/mol. The minimum atomic E-state index is -0.264. The zero-order valence-corrected chi connectivity index (χ0v) is 19.4. The Bertz CT molecular complexity index is 1190. The Labute approximate surface area is 193 Å². The molecule has 3 aromatic rings. The number of carbonyl (C=O) groups excluding carboxylic acids is 1. The van der Waals surface area contributed by atoms with Gasteiger partial charge >= 0.3 is 6.03 Å². The van der Waals surface area contributed by atoms with Gasteiger partial charge in [-0.3, -0.25) is 4.68 Å². The van der Waals surface area contributed by atoms with Crippen LogP contribution in [0, 0.1) is 0 Å². The molecular formula is C24H28N6O3. The molecule has 1 aliphatic heterocycles. The Balaban J connectivity index is 1.78. The molecule has 1 atom stereocenters. The highest BCUT2D eigenvalue weighted by molar-refractivity contribution is 6.14. The molecule has 0 aliphatic carbocycles. The van der Waals surface area contributed by atoms with Gasteiger partial charge in [-0.2, -0.15) is 10.2 Å². The Hall–Kier alpha value is -4.01. The lowest BCUT2D eigenvalue weighted by Crippen LogP contribution is -2.41. The van der Waals surface area contributed by atoms with Crippen molar-refractivity contribution in [2.24, 2.45) is 12.1 Å². The first kappa shape index (κ1) is 22.2. The number of rotatable bonds is 5. The van der Waals surface area contributed by atoms with Gasteiger partial charge in [0.25, 0.3) is 0 Å². The van der Waals surface area contributed by atoms with Crippen molar-refractivity contribution in [2.45, 2.75) is 19.4 Å². The van der Waals surface area contributed by atoms with Crippen molar-refractivity contribution in [3.63, 3.8) is 0 Å². The molecule has 0 unspecified atom stereocenters. The summed E-state index contributed by atoms with van der Waals surface area (Å²) in [6.45, 7) is 1.97. The number of urea groups is 1. The zero-order chi connectivity index (χ0) is 23.5. The molecule has 2 N–H and O–H groups in total. The van der Waals surface area contributed by atoms with E-state index in [4.69, 9.17) is 14.6 Å². The Morgan fingerprint density at radius 2 is 1.79 bits per heavy atom. The lowest BCUT2D eigenvalue weighted by molar-refractivity contribution is 0.184. The quantitative estimate of drug-likeness (QED) is 0.623. The number of nitrogens with one attached hydrogen (secondary N) is 2. The molecule has 33 heavy (non-hydrogen) atoms. The van der Waals surface area contributed by atoms with E-state index in [1.54, 1.807) is 25.9 Å². The first-order valence-corrected chi connectivity index (χ1v) is 10.7. The number of anilines is 2. The number of carbonyl (C=O) groups is 1. The van der Waals surface area contributed by atoms with Gasteiger partial charge in [-0.05, 0) is 43.2 Å². The van der Waals surface area contributed by atoms with Crippen LogP contribution in [0.2, 0.25) is 0 Å². The molecule has 0 bridgehead atoms. The number of fused-ring (bicyclic) bond motifs is 1. The minimum absolute atomic E-state index is 0.149. The largest absolute Gasteiger partial charge is 0.493 e. The summed E-state index contributed by atoms with van der Waals surface area (Å²) < 4.78 is 12.8. The van der Waals surface area contributed by atoms with Gasteiger partial charge in [-0.25, -0.2) is 9.80 Å². The molecule has 0 fully saturated rings. The van der Waals surface area contributed by atoms with Crippen molar-refractivity contribution < 1.29 is 14.3 Å². The maximum Gasteiger partial charge on any atom is 0.337 e. The smallest absolute Gasteiger partial charge is 0.337 e. The summed E-state index contributed by atoms with van der Waals surface area (Å²) >= 11 is 0. The van der Waals surface area contributed by atoms with Crippen LogP contribution in [0.5, 0.6) is 11.5 Å². The summed E-state index contributed by atoms with van der Waals surface area (Å²) in [4.78, 5) is 12.6. The molecule has 2 aromatic carbocycles. The van der Waals surface area contributed by atoms with Gasteiger partial charge in [-0.15, -0.1) is 0 Å². The number of hydrogen-bond acceptors (Lipinski definition) is 6. The van der Waals surface area contributed by atoms with Crippen LogP contribution in [0.3, 0.4) is 0 Å². The summed E-state index contributed by atoms with van der Waals surface area (Å²) in [5.41, 5.74) is 4.38. The van der Waals surface area contributed by atoms with Gasteiger partial charge in [0.05, 0.1) is 26.0 Å². The predicted octanol–water partition coefficient (Wildman–Crippen LogP) is 3.52. The third-order valence-corrected chi connectivity index (χ3v) is 5.57. The van der Waals surface area contributed by atoms with Crippen LogP contribution < -0.4 is 20.1 Å². The second kappa shape index (κ2) is 9.23.